The summed E-state index contributed by atoms with van der Waals surface area (Å²) < 4.78 is 1.15. The molecule has 0 saturated heterocycles. The molecule has 0 amide bonds. The van der Waals surface area contributed by atoms with Crippen molar-refractivity contribution in [2.75, 3.05) is 0 Å². The molecule has 0 aliphatic heterocycles. The van der Waals surface area contributed by atoms with Crippen LogP contribution in [-0.2, 0) is 0 Å². The normalized spacial score (nSPS) is 11.3. The number of carboxylic acids is 1. The Balaban J connectivity index is 1.90. The number of benzene rings is 2. The molecule has 5 heteroatoms. The van der Waals surface area contributed by atoms with E-state index < -0.39 is 5.97 Å². The molecule has 21 heavy (non-hydrogen) atoms. The molecule has 0 aliphatic rings. The van der Waals surface area contributed by atoms with E-state index in [0.717, 1.165) is 25.7 Å². The lowest BCUT2D eigenvalue weighted by molar-refractivity contribution is 0.0697. The minimum atomic E-state index is -0.917. The first-order chi connectivity index (χ1) is 10.1. The molecule has 3 aromatic rings. The molecule has 4 nitrogen and oxygen atoms in total. The van der Waals surface area contributed by atoms with Crippen LogP contribution in [0.15, 0.2) is 42.5 Å². The summed E-state index contributed by atoms with van der Waals surface area (Å²) in [5.74, 6) is -0.917. The number of nitrogens with one attached hydrogen (secondary N) is 1. The van der Waals surface area contributed by atoms with E-state index in [4.69, 9.17) is 5.11 Å². The SMILES string of the molecule is O=C(O)c1ccc(/C=C/c2[nH]nc3ccc(I)cc23)cc1. The number of aromatic nitrogens is 2. The quantitative estimate of drug-likeness (QED) is 0.664. The smallest absolute Gasteiger partial charge is 0.335 e. The van der Waals surface area contributed by atoms with Crippen LogP contribution in [-0.4, -0.2) is 21.3 Å². The van der Waals surface area contributed by atoms with Crippen molar-refractivity contribution in [3.05, 3.63) is 62.9 Å². The number of hydrogen-bond donors (Lipinski definition) is 2. The highest BCUT2D eigenvalue weighted by Gasteiger charge is 2.03. The van der Waals surface area contributed by atoms with Gasteiger partial charge in [-0.1, -0.05) is 18.2 Å². The van der Waals surface area contributed by atoms with Gasteiger partial charge in [0, 0.05) is 8.96 Å². The Hall–Kier alpha value is -2.15. The van der Waals surface area contributed by atoms with Crippen LogP contribution in [0.4, 0.5) is 0 Å². The van der Waals surface area contributed by atoms with E-state index in [1.807, 2.05) is 24.3 Å². The zero-order valence-electron chi connectivity index (χ0n) is 10.9. The van der Waals surface area contributed by atoms with Crippen molar-refractivity contribution in [2.24, 2.45) is 0 Å². The summed E-state index contributed by atoms with van der Waals surface area (Å²) in [6.45, 7) is 0. The van der Waals surface area contributed by atoms with Gasteiger partial charge in [-0.05, 0) is 64.6 Å². The molecule has 0 aliphatic carbocycles. The first kappa shape index (κ1) is 13.8. The second-order valence-corrected chi connectivity index (χ2v) is 5.80. The Morgan fingerprint density at radius 3 is 2.62 bits per heavy atom. The Kier molecular flexibility index (Phi) is 3.74. The van der Waals surface area contributed by atoms with Crippen LogP contribution in [0.1, 0.15) is 21.6 Å². The Bertz CT molecular complexity index is 835. The lowest BCUT2D eigenvalue weighted by atomic mass is 10.1. The topological polar surface area (TPSA) is 66.0 Å². The van der Waals surface area contributed by atoms with Crippen molar-refractivity contribution in [3.63, 3.8) is 0 Å². The van der Waals surface area contributed by atoms with Gasteiger partial charge < -0.3 is 5.11 Å². The summed E-state index contributed by atoms with van der Waals surface area (Å²) in [5, 5.41) is 17.2. The molecular weight excluding hydrogens is 379 g/mol. The van der Waals surface area contributed by atoms with Gasteiger partial charge in [0.2, 0.25) is 0 Å². The second kappa shape index (κ2) is 5.69. The molecule has 0 radical (unpaired) electrons. The molecule has 0 spiro atoms. The van der Waals surface area contributed by atoms with Crippen molar-refractivity contribution >= 4 is 51.6 Å². The molecule has 2 N–H and O–H groups in total. The summed E-state index contributed by atoms with van der Waals surface area (Å²) in [6.07, 6.45) is 3.87. The molecule has 0 atom stereocenters. The molecule has 0 fully saturated rings. The highest BCUT2D eigenvalue weighted by atomic mass is 127. The fraction of sp³-hybridized carbons (Fsp3) is 0. The fourth-order valence-corrected chi connectivity index (χ4v) is 2.54. The van der Waals surface area contributed by atoms with Gasteiger partial charge in [-0.15, -0.1) is 0 Å². The zero-order valence-corrected chi connectivity index (χ0v) is 13.0. The average molecular weight is 390 g/mol. The molecular formula is C16H11IN2O2. The van der Waals surface area contributed by atoms with Gasteiger partial charge in [0.15, 0.2) is 0 Å². The Morgan fingerprint density at radius 2 is 1.90 bits per heavy atom. The van der Waals surface area contributed by atoms with Crippen LogP contribution in [0.5, 0.6) is 0 Å². The van der Waals surface area contributed by atoms with Crippen molar-refractivity contribution in [1.29, 1.82) is 0 Å². The minimum Gasteiger partial charge on any atom is -0.478 e. The Morgan fingerprint density at radius 1 is 1.14 bits per heavy atom. The van der Waals surface area contributed by atoms with E-state index in [1.54, 1.807) is 24.3 Å². The molecule has 2 aromatic carbocycles. The van der Waals surface area contributed by atoms with Gasteiger partial charge in [-0.3, -0.25) is 5.10 Å². The third-order valence-corrected chi connectivity index (χ3v) is 3.82. The number of H-pyrrole nitrogens is 1. The van der Waals surface area contributed by atoms with E-state index in [0.29, 0.717) is 0 Å². The molecule has 0 saturated carbocycles. The lowest BCUT2D eigenvalue weighted by Crippen LogP contribution is -1.94. The van der Waals surface area contributed by atoms with Gasteiger partial charge in [-0.25, -0.2) is 4.79 Å². The number of nitrogens with zero attached hydrogens (tertiary/aromatic N) is 1. The number of rotatable bonds is 3. The van der Waals surface area contributed by atoms with Crippen LogP contribution in [0.3, 0.4) is 0 Å². The van der Waals surface area contributed by atoms with Crippen LogP contribution in [0.2, 0.25) is 0 Å². The van der Waals surface area contributed by atoms with Crippen LogP contribution >= 0.6 is 22.6 Å². The predicted octanol–water partition coefficient (Wildman–Crippen LogP) is 4.04. The molecule has 0 unspecified atom stereocenters. The van der Waals surface area contributed by atoms with Gasteiger partial charge in [-0.2, -0.15) is 5.10 Å². The second-order valence-electron chi connectivity index (χ2n) is 4.56. The molecule has 1 aromatic heterocycles. The molecule has 0 bridgehead atoms. The minimum absolute atomic E-state index is 0.286. The maximum Gasteiger partial charge on any atom is 0.335 e. The number of fused-ring (bicyclic) bond motifs is 1. The number of aromatic amines is 1. The largest absolute Gasteiger partial charge is 0.478 e. The van der Waals surface area contributed by atoms with E-state index >= 15 is 0 Å². The van der Waals surface area contributed by atoms with Gasteiger partial charge >= 0.3 is 5.97 Å². The number of halogens is 1. The fourth-order valence-electron chi connectivity index (χ4n) is 2.05. The predicted molar refractivity (Wildman–Crippen MR) is 91.1 cm³/mol. The van der Waals surface area contributed by atoms with Crippen LogP contribution < -0.4 is 0 Å². The third kappa shape index (κ3) is 2.97. The first-order valence-electron chi connectivity index (χ1n) is 6.28. The number of hydrogen-bond acceptors (Lipinski definition) is 2. The zero-order chi connectivity index (χ0) is 14.8. The number of aromatic carboxylic acids is 1. The maximum absolute atomic E-state index is 10.8. The van der Waals surface area contributed by atoms with E-state index in [2.05, 4.69) is 38.9 Å². The van der Waals surface area contributed by atoms with Crippen LogP contribution in [0.25, 0.3) is 23.1 Å². The monoisotopic (exact) mass is 390 g/mol. The van der Waals surface area contributed by atoms with Crippen molar-refractivity contribution in [3.8, 4) is 0 Å². The van der Waals surface area contributed by atoms with E-state index in [-0.39, 0.29) is 5.56 Å². The molecule has 3 rings (SSSR count). The van der Waals surface area contributed by atoms with Gasteiger partial charge in [0.05, 0.1) is 16.8 Å². The summed E-state index contributed by atoms with van der Waals surface area (Å²) in [6, 6.07) is 12.8. The Labute approximate surface area is 134 Å². The summed E-state index contributed by atoms with van der Waals surface area (Å²) in [7, 11) is 0. The number of carbonyl (C=O) groups is 1. The highest BCUT2D eigenvalue weighted by molar-refractivity contribution is 14.1. The van der Waals surface area contributed by atoms with Crippen molar-refractivity contribution < 1.29 is 9.90 Å². The third-order valence-electron chi connectivity index (χ3n) is 3.15. The van der Waals surface area contributed by atoms with Crippen molar-refractivity contribution in [1.82, 2.24) is 10.2 Å². The molecule has 104 valence electrons. The highest BCUT2D eigenvalue weighted by Crippen LogP contribution is 2.20. The maximum atomic E-state index is 10.8. The van der Waals surface area contributed by atoms with E-state index in [9.17, 15) is 4.79 Å². The van der Waals surface area contributed by atoms with Crippen LogP contribution in [0, 0.1) is 3.57 Å². The van der Waals surface area contributed by atoms with E-state index in [1.165, 1.54) is 0 Å². The number of carboxylic acid groups (broad SMARTS) is 1. The first-order valence-corrected chi connectivity index (χ1v) is 7.36. The standard InChI is InChI=1S/C16H11IN2O2/c17-12-6-8-15-13(9-12)14(18-19-15)7-3-10-1-4-11(5-2-10)16(20)21/h1-9H,(H,18,19)(H,20,21)/b7-3+. The summed E-state index contributed by atoms with van der Waals surface area (Å²) >= 11 is 2.27. The summed E-state index contributed by atoms with van der Waals surface area (Å²) in [4.78, 5) is 10.8. The molecule has 1 heterocycles. The lowest BCUT2D eigenvalue weighted by Gasteiger charge is -1.96. The van der Waals surface area contributed by atoms with Gasteiger partial charge in [0.25, 0.3) is 0 Å². The van der Waals surface area contributed by atoms with Crippen molar-refractivity contribution in [2.45, 2.75) is 0 Å². The van der Waals surface area contributed by atoms with Gasteiger partial charge in [0.1, 0.15) is 0 Å². The summed E-state index contributed by atoms with van der Waals surface area (Å²) in [5.41, 5.74) is 3.09. The average Bonchev–Trinajstić information content (AvgIpc) is 2.88.